The fourth-order valence-electron chi connectivity index (χ4n) is 2.25. The van der Waals surface area contributed by atoms with Crippen LogP contribution in [0.3, 0.4) is 0 Å². The number of hydrogen-bond acceptors (Lipinski definition) is 3. The lowest BCUT2D eigenvalue weighted by atomic mass is 9.95. The third-order valence-electron chi connectivity index (χ3n) is 3.13. The molecule has 0 fully saturated rings. The van der Waals surface area contributed by atoms with Crippen molar-refractivity contribution in [2.24, 2.45) is 5.84 Å². The highest BCUT2D eigenvalue weighted by molar-refractivity contribution is 5.38. The van der Waals surface area contributed by atoms with Gasteiger partial charge in [-0.25, -0.2) is 5.43 Å². The van der Waals surface area contributed by atoms with Crippen molar-refractivity contribution >= 4 is 0 Å². The van der Waals surface area contributed by atoms with E-state index in [-0.39, 0.29) is 6.04 Å². The topological polar surface area (TPSA) is 50.9 Å². The summed E-state index contributed by atoms with van der Waals surface area (Å²) >= 11 is 0. The maximum absolute atomic E-state index is 5.72. The summed E-state index contributed by atoms with van der Waals surface area (Å²) in [6.07, 6.45) is 3.70. The number of nitrogens with two attached hydrogens (primary N) is 1. The first-order valence-electron chi connectivity index (χ1n) is 6.06. The first-order chi connectivity index (χ1) is 8.61. The van der Waals surface area contributed by atoms with Crippen molar-refractivity contribution in [2.75, 3.05) is 0 Å². The molecule has 2 rings (SSSR count). The van der Waals surface area contributed by atoms with Crippen molar-refractivity contribution < 1.29 is 0 Å². The second-order valence-electron chi connectivity index (χ2n) is 4.76. The second kappa shape index (κ2) is 5.29. The summed E-state index contributed by atoms with van der Waals surface area (Å²) in [7, 11) is 0. The Morgan fingerprint density at radius 3 is 2.44 bits per heavy atom. The number of nitrogens with one attached hydrogen (secondary N) is 1. The molecule has 2 aromatic rings. The molecule has 1 unspecified atom stereocenters. The van der Waals surface area contributed by atoms with Gasteiger partial charge in [0.25, 0.3) is 0 Å². The first kappa shape index (κ1) is 12.7. The summed E-state index contributed by atoms with van der Waals surface area (Å²) < 4.78 is 0. The number of pyridine rings is 1. The molecule has 0 radical (unpaired) electrons. The monoisotopic (exact) mass is 241 g/mol. The molecule has 3 nitrogen and oxygen atoms in total. The molecule has 3 N–H and O–H groups in total. The third kappa shape index (κ3) is 2.58. The molecule has 0 saturated carbocycles. The van der Waals surface area contributed by atoms with E-state index in [1.54, 1.807) is 0 Å². The van der Waals surface area contributed by atoms with Crippen LogP contribution in [0, 0.1) is 20.8 Å². The van der Waals surface area contributed by atoms with E-state index >= 15 is 0 Å². The lowest BCUT2D eigenvalue weighted by Crippen LogP contribution is -2.29. The molecule has 1 aromatic heterocycles. The number of rotatable bonds is 3. The molecule has 0 spiro atoms. The Hall–Kier alpha value is -1.71. The molecule has 94 valence electrons. The van der Waals surface area contributed by atoms with E-state index in [9.17, 15) is 0 Å². The van der Waals surface area contributed by atoms with Gasteiger partial charge in [-0.2, -0.15) is 0 Å². The third-order valence-corrected chi connectivity index (χ3v) is 3.13. The van der Waals surface area contributed by atoms with Gasteiger partial charge in [0.1, 0.15) is 0 Å². The molecule has 0 aliphatic carbocycles. The van der Waals surface area contributed by atoms with Crippen molar-refractivity contribution in [3.63, 3.8) is 0 Å². The summed E-state index contributed by atoms with van der Waals surface area (Å²) in [5, 5.41) is 0. The number of aryl methyl sites for hydroxylation is 3. The highest BCUT2D eigenvalue weighted by Crippen LogP contribution is 2.24. The van der Waals surface area contributed by atoms with Gasteiger partial charge in [0.15, 0.2) is 0 Å². The van der Waals surface area contributed by atoms with E-state index in [0.29, 0.717) is 0 Å². The molecule has 0 saturated heterocycles. The number of hydrazine groups is 1. The standard InChI is InChI=1S/C15H19N3/c1-10-4-5-14(12(3)6-10)15(18-16)13-7-11(2)8-17-9-13/h4-9,15,18H,16H2,1-3H3. The number of hydrogen-bond donors (Lipinski definition) is 2. The van der Waals surface area contributed by atoms with Gasteiger partial charge in [0.2, 0.25) is 0 Å². The van der Waals surface area contributed by atoms with Gasteiger partial charge in [0, 0.05) is 12.4 Å². The Bertz CT molecular complexity index is 549. The number of aromatic nitrogens is 1. The van der Waals surface area contributed by atoms with E-state index in [1.807, 2.05) is 19.3 Å². The second-order valence-corrected chi connectivity index (χ2v) is 4.76. The lowest BCUT2D eigenvalue weighted by molar-refractivity contribution is 0.631. The van der Waals surface area contributed by atoms with Crippen LogP contribution in [-0.2, 0) is 0 Å². The van der Waals surface area contributed by atoms with Crippen molar-refractivity contribution in [3.05, 3.63) is 64.5 Å². The van der Waals surface area contributed by atoms with Crippen LogP contribution in [-0.4, -0.2) is 4.98 Å². The minimum absolute atomic E-state index is 0.0157. The van der Waals surface area contributed by atoms with Crippen molar-refractivity contribution in [3.8, 4) is 0 Å². The highest BCUT2D eigenvalue weighted by atomic mass is 15.2. The van der Waals surface area contributed by atoms with Crippen LogP contribution in [0.2, 0.25) is 0 Å². The molecule has 1 aromatic carbocycles. The molecular formula is C15H19N3. The van der Waals surface area contributed by atoms with Gasteiger partial charge < -0.3 is 0 Å². The molecule has 18 heavy (non-hydrogen) atoms. The molecule has 0 bridgehead atoms. The predicted molar refractivity (Wildman–Crippen MR) is 74.1 cm³/mol. The molecule has 3 heteroatoms. The maximum Gasteiger partial charge on any atom is 0.0727 e. The Kier molecular flexibility index (Phi) is 3.75. The summed E-state index contributed by atoms with van der Waals surface area (Å²) in [6, 6.07) is 8.49. The molecule has 0 amide bonds. The van der Waals surface area contributed by atoms with Gasteiger partial charge in [0.05, 0.1) is 6.04 Å². The fraction of sp³-hybridized carbons (Fsp3) is 0.267. The van der Waals surface area contributed by atoms with Crippen LogP contribution < -0.4 is 11.3 Å². The fourth-order valence-corrected chi connectivity index (χ4v) is 2.25. The molecule has 1 heterocycles. The van der Waals surface area contributed by atoms with Gasteiger partial charge in [-0.1, -0.05) is 29.8 Å². The van der Waals surface area contributed by atoms with E-state index in [4.69, 9.17) is 5.84 Å². The minimum Gasteiger partial charge on any atom is -0.271 e. The average Bonchev–Trinajstić information content (AvgIpc) is 2.33. The quantitative estimate of drug-likeness (QED) is 0.641. The Morgan fingerprint density at radius 1 is 1.06 bits per heavy atom. The zero-order valence-corrected chi connectivity index (χ0v) is 11.1. The number of benzene rings is 1. The van der Waals surface area contributed by atoms with E-state index in [0.717, 1.165) is 11.1 Å². The Labute approximate surface area is 108 Å². The molecular weight excluding hydrogens is 222 g/mol. The lowest BCUT2D eigenvalue weighted by Gasteiger charge is -2.19. The van der Waals surface area contributed by atoms with E-state index in [2.05, 4.69) is 48.5 Å². The van der Waals surface area contributed by atoms with E-state index < -0.39 is 0 Å². The molecule has 0 aliphatic heterocycles. The number of nitrogens with zero attached hydrogens (tertiary/aromatic N) is 1. The van der Waals surface area contributed by atoms with Gasteiger partial charge >= 0.3 is 0 Å². The van der Waals surface area contributed by atoms with Crippen LogP contribution in [0.15, 0.2) is 36.7 Å². The van der Waals surface area contributed by atoms with E-state index in [1.165, 1.54) is 16.7 Å². The maximum atomic E-state index is 5.72. The van der Waals surface area contributed by atoms with Crippen molar-refractivity contribution in [2.45, 2.75) is 26.8 Å². The zero-order chi connectivity index (χ0) is 13.1. The van der Waals surface area contributed by atoms with Crippen molar-refractivity contribution in [1.29, 1.82) is 0 Å². The van der Waals surface area contributed by atoms with Crippen LogP contribution in [0.4, 0.5) is 0 Å². The Balaban J connectivity index is 2.45. The first-order valence-corrected chi connectivity index (χ1v) is 6.06. The van der Waals surface area contributed by atoms with Gasteiger partial charge in [-0.3, -0.25) is 10.8 Å². The van der Waals surface area contributed by atoms with Crippen LogP contribution in [0.5, 0.6) is 0 Å². The van der Waals surface area contributed by atoms with Crippen LogP contribution in [0.1, 0.15) is 33.9 Å². The largest absolute Gasteiger partial charge is 0.271 e. The predicted octanol–water partition coefficient (Wildman–Crippen LogP) is 2.56. The average molecular weight is 241 g/mol. The van der Waals surface area contributed by atoms with Crippen LogP contribution >= 0.6 is 0 Å². The normalized spacial score (nSPS) is 12.4. The SMILES string of the molecule is Cc1cncc(C(NN)c2ccc(C)cc2C)c1. The van der Waals surface area contributed by atoms with Gasteiger partial charge in [-0.05, 0) is 43.0 Å². The zero-order valence-electron chi connectivity index (χ0n) is 11.1. The molecule has 0 aliphatic rings. The highest BCUT2D eigenvalue weighted by Gasteiger charge is 2.14. The molecule has 1 atom stereocenters. The smallest absolute Gasteiger partial charge is 0.0727 e. The van der Waals surface area contributed by atoms with Crippen molar-refractivity contribution in [1.82, 2.24) is 10.4 Å². The summed E-state index contributed by atoms with van der Waals surface area (Å²) in [4.78, 5) is 4.23. The summed E-state index contributed by atoms with van der Waals surface area (Å²) in [6.45, 7) is 6.23. The summed E-state index contributed by atoms with van der Waals surface area (Å²) in [5.74, 6) is 5.72. The summed E-state index contributed by atoms with van der Waals surface area (Å²) in [5.41, 5.74) is 8.79. The van der Waals surface area contributed by atoms with Crippen LogP contribution in [0.25, 0.3) is 0 Å². The van der Waals surface area contributed by atoms with Gasteiger partial charge in [-0.15, -0.1) is 0 Å². The Morgan fingerprint density at radius 2 is 1.83 bits per heavy atom. The minimum atomic E-state index is -0.0157.